The first-order valence-electron chi connectivity index (χ1n) is 6.50. The van der Waals surface area contributed by atoms with Crippen LogP contribution in [0.5, 0.6) is 0 Å². The number of aromatic nitrogens is 2. The van der Waals surface area contributed by atoms with E-state index in [1.807, 2.05) is 4.90 Å². The normalized spacial score (nSPS) is 19.5. The third-order valence-electron chi connectivity index (χ3n) is 3.22. The van der Waals surface area contributed by atoms with Crippen LogP contribution in [0.15, 0.2) is 18.5 Å². The van der Waals surface area contributed by atoms with Crippen LogP contribution in [-0.2, 0) is 4.79 Å². The molecule has 0 saturated carbocycles. The first kappa shape index (κ1) is 13.7. The number of anilines is 1. The fourth-order valence-electron chi connectivity index (χ4n) is 2.17. The van der Waals surface area contributed by atoms with Crippen LogP contribution < -0.4 is 10.2 Å². The van der Waals surface area contributed by atoms with Crippen LogP contribution in [0.25, 0.3) is 0 Å². The van der Waals surface area contributed by atoms with Crippen molar-refractivity contribution in [3.63, 3.8) is 0 Å². The number of aliphatic hydroxyl groups is 1. The van der Waals surface area contributed by atoms with Crippen LogP contribution in [0, 0.1) is 0 Å². The molecular formula is C13H20N4O2. The predicted octanol–water partition coefficient (Wildman–Crippen LogP) is 0.332. The summed E-state index contributed by atoms with van der Waals surface area (Å²) in [5.41, 5.74) is -0.608. The Kier molecular flexibility index (Phi) is 3.99. The van der Waals surface area contributed by atoms with E-state index in [4.69, 9.17) is 0 Å². The molecule has 6 nitrogen and oxygen atoms in total. The van der Waals surface area contributed by atoms with E-state index in [0.29, 0.717) is 5.95 Å². The van der Waals surface area contributed by atoms with Crippen molar-refractivity contribution in [1.82, 2.24) is 15.3 Å². The van der Waals surface area contributed by atoms with Gasteiger partial charge < -0.3 is 15.3 Å². The third-order valence-corrected chi connectivity index (χ3v) is 3.22. The molecule has 19 heavy (non-hydrogen) atoms. The molecule has 1 aromatic heterocycles. The van der Waals surface area contributed by atoms with Crippen molar-refractivity contribution in [3.8, 4) is 0 Å². The summed E-state index contributed by atoms with van der Waals surface area (Å²) in [6, 6.07) is 1.50. The zero-order chi connectivity index (χ0) is 13.9. The lowest BCUT2D eigenvalue weighted by Crippen LogP contribution is -2.53. The maximum atomic E-state index is 12.3. The standard InChI is InChI=1S/C13H20N4O2/c1-13(2,9-18)16-11(19)10-5-3-8-17(10)12-14-6-4-7-15-12/h4,6-7,10,18H,3,5,8-9H2,1-2H3,(H,16,19). The monoisotopic (exact) mass is 264 g/mol. The molecule has 1 saturated heterocycles. The van der Waals surface area contributed by atoms with E-state index >= 15 is 0 Å². The SMILES string of the molecule is CC(C)(CO)NC(=O)C1CCCN1c1ncccn1. The van der Waals surface area contributed by atoms with Gasteiger partial charge in [0, 0.05) is 18.9 Å². The van der Waals surface area contributed by atoms with Gasteiger partial charge in [0.25, 0.3) is 0 Å². The van der Waals surface area contributed by atoms with Crippen molar-refractivity contribution >= 4 is 11.9 Å². The third kappa shape index (κ3) is 3.20. The van der Waals surface area contributed by atoms with Crippen molar-refractivity contribution < 1.29 is 9.90 Å². The fourth-order valence-corrected chi connectivity index (χ4v) is 2.17. The summed E-state index contributed by atoms with van der Waals surface area (Å²) in [6.45, 7) is 4.28. The molecule has 1 aliphatic rings. The van der Waals surface area contributed by atoms with Gasteiger partial charge in [0.15, 0.2) is 0 Å². The molecule has 1 aliphatic heterocycles. The lowest BCUT2D eigenvalue weighted by atomic mass is 10.1. The Morgan fingerprint density at radius 1 is 1.53 bits per heavy atom. The molecule has 1 amide bonds. The molecule has 2 heterocycles. The number of hydrogen-bond acceptors (Lipinski definition) is 5. The Hall–Kier alpha value is -1.69. The summed E-state index contributed by atoms with van der Waals surface area (Å²) in [7, 11) is 0. The Balaban J connectivity index is 2.09. The second-order valence-corrected chi connectivity index (χ2v) is 5.43. The molecule has 2 N–H and O–H groups in total. The van der Waals surface area contributed by atoms with Gasteiger partial charge in [-0.1, -0.05) is 0 Å². The minimum atomic E-state index is -0.608. The van der Waals surface area contributed by atoms with E-state index in [1.54, 1.807) is 32.3 Å². The number of carbonyl (C=O) groups excluding carboxylic acids is 1. The quantitative estimate of drug-likeness (QED) is 0.819. The molecule has 1 aromatic rings. The Labute approximate surface area is 112 Å². The number of carbonyl (C=O) groups is 1. The maximum absolute atomic E-state index is 12.3. The summed E-state index contributed by atoms with van der Waals surface area (Å²) in [4.78, 5) is 22.6. The smallest absolute Gasteiger partial charge is 0.243 e. The highest BCUT2D eigenvalue weighted by atomic mass is 16.3. The second kappa shape index (κ2) is 5.52. The van der Waals surface area contributed by atoms with Crippen molar-refractivity contribution in [3.05, 3.63) is 18.5 Å². The summed E-state index contributed by atoms with van der Waals surface area (Å²) in [6.07, 6.45) is 5.07. The summed E-state index contributed by atoms with van der Waals surface area (Å²) in [5, 5.41) is 12.1. The minimum Gasteiger partial charge on any atom is -0.394 e. The van der Waals surface area contributed by atoms with Gasteiger partial charge in [0.1, 0.15) is 6.04 Å². The van der Waals surface area contributed by atoms with Crippen molar-refractivity contribution in [1.29, 1.82) is 0 Å². The number of amides is 1. The topological polar surface area (TPSA) is 78.4 Å². The molecule has 1 fully saturated rings. The molecule has 6 heteroatoms. The van der Waals surface area contributed by atoms with Crippen LogP contribution >= 0.6 is 0 Å². The van der Waals surface area contributed by atoms with Gasteiger partial charge in [0.05, 0.1) is 12.1 Å². The highest BCUT2D eigenvalue weighted by Crippen LogP contribution is 2.22. The van der Waals surface area contributed by atoms with Crippen LogP contribution in [0.2, 0.25) is 0 Å². The molecule has 0 bridgehead atoms. The van der Waals surface area contributed by atoms with Gasteiger partial charge in [0.2, 0.25) is 11.9 Å². The van der Waals surface area contributed by atoms with Gasteiger partial charge in [-0.3, -0.25) is 4.79 Å². The largest absolute Gasteiger partial charge is 0.394 e. The average Bonchev–Trinajstić information content (AvgIpc) is 2.88. The van der Waals surface area contributed by atoms with Crippen LogP contribution in [0.3, 0.4) is 0 Å². The van der Waals surface area contributed by atoms with Crippen molar-refractivity contribution in [2.45, 2.75) is 38.3 Å². The first-order chi connectivity index (χ1) is 9.03. The molecular weight excluding hydrogens is 244 g/mol. The number of nitrogens with one attached hydrogen (secondary N) is 1. The molecule has 2 rings (SSSR count). The van der Waals surface area contributed by atoms with E-state index in [9.17, 15) is 9.90 Å². The van der Waals surface area contributed by atoms with Crippen molar-refractivity contribution in [2.75, 3.05) is 18.1 Å². The molecule has 1 atom stereocenters. The lowest BCUT2D eigenvalue weighted by molar-refractivity contribution is -0.124. The molecule has 0 spiro atoms. The summed E-state index contributed by atoms with van der Waals surface area (Å²) < 4.78 is 0. The molecule has 1 unspecified atom stereocenters. The number of aliphatic hydroxyl groups excluding tert-OH is 1. The molecule has 0 aliphatic carbocycles. The number of nitrogens with zero attached hydrogens (tertiary/aromatic N) is 3. The van der Waals surface area contributed by atoms with E-state index in [1.165, 1.54) is 0 Å². The van der Waals surface area contributed by atoms with E-state index in [-0.39, 0.29) is 18.6 Å². The van der Waals surface area contributed by atoms with E-state index in [0.717, 1.165) is 19.4 Å². The number of rotatable bonds is 4. The Morgan fingerprint density at radius 3 is 2.84 bits per heavy atom. The van der Waals surface area contributed by atoms with E-state index in [2.05, 4.69) is 15.3 Å². The summed E-state index contributed by atoms with van der Waals surface area (Å²) >= 11 is 0. The predicted molar refractivity (Wildman–Crippen MR) is 71.7 cm³/mol. The summed E-state index contributed by atoms with van der Waals surface area (Å²) in [5.74, 6) is 0.506. The van der Waals surface area contributed by atoms with Crippen molar-refractivity contribution in [2.24, 2.45) is 0 Å². The maximum Gasteiger partial charge on any atom is 0.243 e. The number of hydrogen-bond donors (Lipinski definition) is 2. The van der Waals surface area contributed by atoms with Crippen LogP contribution in [0.1, 0.15) is 26.7 Å². The van der Waals surface area contributed by atoms with Gasteiger partial charge in [-0.05, 0) is 32.8 Å². The van der Waals surface area contributed by atoms with Crippen LogP contribution in [-0.4, -0.2) is 45.7 Å². The minimum absolute atomic E-state index is 0.0796. The Bertz CT molecular complexity index is 436. The van der Waals surface area contributed by atoms with Gasteiger partial charge in [-0.25, -0.2) is 9.97 Å². The molecule has 0 aromatic carbocycles. The highest BCUT2D eigenvalue weighted by Gasteiger charge is 2.34. The van der Waals surface area contributed by atoms with Gasteiger partial charge >= 0.3 is 0 Å². The molecule has 104 valence electrons. The average molecular weight is 264 g/mol. The lowest BCUT2D eigenvalue weighted by Gasteiger charge is -2.29. The van der Waals surface area contributed by atoms with Crippen LogP contribution in [0.4, 0.5) is 5.95 Å². The van der Waals surface area contributed by atoms with Gasteiger partial charge in [-0.15, -0.1) is 0 Å². The fraction of sp³-hybridized carbons (Fsp3) is 0.615. The zero-order valence-corrected chi connectivity index (χ0v) is 11.3. The van der Waals surface area contributed by atoms with E-state index < -0.39 is 5.54 Å². The first-order valence-corrected chi connectivity index (χ1v) is 6.50. The highest BCUT2D eigenvalue weighted by molar-refractivity contribution is 5.85. The Morgan fingerprint density at radius 2 is 2.21 bits per heavy atom. The van der Waals surface area contributed by atoms with Gasteiger partial charge in [-0.2, -0.15) is 0 Å². The zero-order valence-electron chi connectivity index (χ0n) is 11.3. The molecule has 0 radical (unpaired) electrons. The second-order valence-electron chi connectivity index (χ2n) is 5.43.